The molecule has 2 heterocycles. The van der Waals surface area contributed by atoms with Crippen LogP contribution in [0.25, 0.3) is 5.65 Å². The van der Waals surface area contributed by atoms with E-state index in [1.54, 1.807) is 12.1 Å². The van der Waals surface area contributed by atoms with Gasteiger partial charge in [-0.05, 0) is 24.3 Å². The van der Waals surface area contributed by atoms with E-state index < -0.39 is 0 Å². The first kappa shape index (κ1) is 16.3. The lowest BCUT2D eigenvalue weighted by Gasteiger charge is -2.04. The molecule has 0 aliphatic carbocycles. The number of Topliss-reactive ketones (excluding diaryl/α,β-unsaturated/α-hetero) is 1. The molecule has 1 N–H and O–H groups in total. The highest BCUT2D eigenvalue weighted by Gasteiger charge is 2.10. The number of carbonyl (C=O) groups excluding carboxylic acids is 2. The van der Waals surface area contributed by atoms with Gasteiger partial charge in [-0.2, -0.15) is 0 Å². The summed E-state index contributed by atoms with van der Waals surface area (Å²) < 4.78 is 2.73. The fourth-order valence-electron chi connectivity index (χ4n) is 2.28. The van der Waals surface area contributed by atoms with E-state index in [4.69, 9.17) is 0 Å². The van der Waals surface area contributed by atoms with Crippen LogP contribution in [0.3, 0.4) is 0 Å². The van der Waals surface area contributed by atoms with E-state index in [1.807, 2.05) is 40.9 Å². The molecule has 0 aliphatic rings. The largest absolute Gasteiger partial charge is 0.349 e. The maximum Gasteiger partial charge on any atom is 0.220 e. The van der Waals surface area contributed by atoms with Gasteiger partial charge in [0.15, 0.2) is 17.3 Å². The molecule has 0 saturated heterocycles. The Balaban J connectivity index is 1.51. The van der Waals surface area contributed by atoms with Crippen molar-refractivity contribution in [1.82, 2.24) is 19.9 Å². The van der Waals surface area contributed by atoms with Crippen molar-refractivity contribution in [3.05, 3.63) is 64.5 Å². The number of nitrogens with zero attached hydrogens (tertiary/aromatic N) is 3. The Hall–Kier alpha value is -2.54. The molecule has 0 atom stereocenters. The number of amides is 1. The lowest BCUT2D eigenvalue weighted by Crippen LogP contribution is -2.24. The summed E-state index contributed by atoms with van der Waals surface area (Å²) in [6.45, 7) is 0.274. The quantitative estimate of drug-likeness (QED) is 0.660. The molecule has 122 valence electrons. The third kappa shape index (κ3) is 3.86. The van der Waals surface area contributed by atoms with E-state index in [2.05, 4.69) is 31.4 Å². The molecule has 1 amide bonds. The van der Waals surface area contributed by atoms with E-state index >= 15 is 0 Å². The van der Waals surface area contributed by atoms with Gasteiger partial charge in [-0.25, -0.2) is 0 Å². The number of benzene rings is 1. The molecular formula is C17H15BrN4O2. The van der Waals surface area contributed by atoms with Crippen LogP contribution in [0.5, 0.6) is 0 Å². The number of halogens is 1. The van der Waals surface area contributed by atoms with E-state index in [9.17, 15) is 9.59 Å². The smallest absolute Gasteiger partial charge is 0.220 e. The monoisotopic (exact) mass is 386 g/mol. The Morgan fingerprint density at radius 3 is 2.62 bits per heavy atom. The number of ketones is 1. The summed E-state index contributed by atoms with van der Waals surface area (Å²) in [4.78, 5) is 24.0. The highest BCUT2D eigenvalue weighted by molar-refractivity contribution is 9.10. The van der Waals surface area contributed by atoms with Crippen molar-refractivity contribution in [2.75, 3.05) is 0 Å². The molecule has 0 fully saturated rings. The molecular weight excluding hydrogens is 372 g/mol. The van der Waals surface area contributed by atoms with Crippen LogP contribution < -0.4 is 5.32 Å². The maximum absolute atomic E-state index is 12.0. The van der Waals surface area contributed by atoms with Gasteiger partial charge in [0, 0.05) is 29.1 Å². The number of rotatable bonds is 6. The van der Waals surface area contributed by atoms with Crippen LogP contribution in [0.15, 0.2) is 53.1 Å². The van der Waals surface area contributed by atoms with Gasteiger partial charge in [-0.3, -0.25) is 14.0 Å². The topological polar surface area (TPSA) is 76.4 Å². The Labute approximate surface area is 147 Å². The van der Waals surface area contributed by atoms with Crippen LogP contribution in [-0.2, 0) is 11.3 Å². The molecule has 6 nitrogen and oxygen atoms in total. The van der Waals surface area contributed by atoms with Crippen LogP contribution in [0, 0.1) is 0 Å². The van der Waals surface area contributed by atoms with E-state index in [0.717, 1.165) is 10.1 Å². The van der Waals surface area contributed by atoms with Crippen LogP contribution >= 0.6 is 15.9 Å². The summed E-state index contributed by atoms with van der Waals surface area (Å²) in [5.74, 6) is 0.414. The predicted octanol–water partition coefficient (Wildman–Crippen LogP) is 2.77. The van der Waals surface area contributed by atoms with Crippen molar-refractivity contribution in [2.24, 2.45) is 0 Å². The number of carbonyl (C=O) groups is 2. The maximum atomic E-state index is 12.0. The molecule has 0 spiro atoms. The average molecular weight is 387 g/mol. The Morgan fingerprint density at radius 1 is 1.04 bits per heavy atom. The third-order valence-corrected chi connectivity index (χ3v) is 4.10. The molecule has 0 bridgehead atoms. The number of hydrogen-bond acceptors (Lipinski definition) is 4. The van der Waals surface area contributed by atoms with Crippen molar-refractivity contribution in [2.45, 2.75) is 19.4 Å². The summed E-state index contributed by atoms with van der Waals surface area (Å²) >= 11 is 3.32. The number of fused-ring (bicyclic) bond motifs is 1. The summed E-state index contributed by atoms with van der Waals surface area (Å²) in [6, 6.07) is 12.7. The lowest BCUT2D eigenvalue weighted by molar-refractivity contribution is -0.121. The fraction of sp³-hybridized carbons (Fsp3) is 0.176. The number of nitrogens with one attached hydrogen (secondary N) is 1. The second kappa shape index (κ2) is 7.35. The minimum absolute atomic E-state index is 0.0504. The molecule has 3 rings (SSSR count). The molecule has 2 aromatic heterocycles. The Morgan fingerprint density at radius 2 is 1.83 bits per heavy atom. The zero-order valence-electron chi connectivity index (χ0n) is 12.8. The van der Waals surface area contributed by atoms with Gasteiger partial charge in [0.05, 0.1) is 6.54 Å². The standard InChI is InChI=1S/C17H15BrN4O2/c18-13-6-4-12(5-7-13)14(23)8-9-17(24)19-11-16-21-20-15-3-1-2-10-22(15)16/h1-7,10H,8-9,11H2,(H,19,24). The van der Waals surface area contributed by atoms with Gasteiger partial charge in [-0.15, -0.1) is 10.2 Å². The van der Waals surface area contributed by atoms with Crippen LogP contribution in [0.4, 0.5) is 0 Å². The molecule has 0 unspecified atom stereocenters. The summed E-state index contributed by atoms with van der Waals surface area (Å²) in [5, 5.41) is 10.8. The molecule has 1 aromatic carbocycles. The summed E-state index contributed by atoms with van der Waals surface area (Å²) in [5.41, 5.74) is 1.33. The van der Waals surface area contributed by atoms with E-state index in [-0.39, 0.29) is 31.1 Å². The van der Waals surface area contributed by atoms with Gasteiger partial charge < -0.3 is 5.32 Å². The molecule has 0 saturated carbocycles. The first-order valence-corrected chi connectivity index (χ1v) is 8.27. The van der Waals surface area contributed by atoms with Crippen molar-refractivity contribution in [1.29, 1.82) is 0 Å². The van der Waals surface area contributed by atoms with Crippen molar-refractivity contribution < 1.29 is 9.59 Å². The third-order valence-electron chi connectivity index (χ3n) is 3.57. The molecule has 3 aromatic rings. The van der Waals surface area contributed by atoms with Crippen LogP contribution in [0.2, 0.25) is 0 Å². The minimum atomic E-state index is -0.187. The predicted molar refractivity (Wildman–Crippen MR) is 92.5 cm³/mol. The second-order valence-electron chi connectivity index (χ2n) is 5.25. The van der Waals surface area contributed by atoms with Gasteiger partial charge in [0.25, 0.3) is 0 Å². The number of hydrogen-bond donors (Lipinski definition) is 1. The summed E-state index contributed by atoms with van der Waals surface area (Å²) in [7, 11) is 0. The number of pyridine rings is 1. The normalized spacial score (nSPS) is 10.7. The molecule has 7 heteroatoms. The SMILES string of the molecule is O=C(CCC(=O)c1ccc(Br)cc1)NCc1nnc2ccccn12. The van der Waals surface area contributed by atoms with Gasteiger partial charge >= 0.3 is 0 Å². The first-order chi connectivity index (χ1) is 11.6. The van der Waals surface area contributed by atoms with E-state index in [1.165, 1.54) is 0 Å². The van der Waals surface area contributed by atoms with Crippen molar-refractivity contribution >= 4 is 33.3 Å². The van der Waals surface area contributed by atoms with Crippen LogP contribution in [0.1, 0.15) is 29.0 Å². The Kier molecular flexibility index (Phi) is 5.00. The van der Waals surface area contributed by atoms with Crippen LogP contribution in [-0.4, -0.2) is 26.3 Å². The highest BCUT2D eigenvalue weighted by Crippen LogP contribution is 2.12. The molecule has 0 aliphatic heterocycles. The molecule has 0 radical (unpaired) electrons. The summed E-state index contributed by atoms with van der Waals surface area (Å²) in [6.07, 6.45) is 2.16. The second-order valence-corrected chi connectivity index (χ2v) is 6.17. The van der Waals surface area contributed by atoms with Gasteiger partial charge in [0.1, 0.15) is 0 Å². The first-order valence-electron chi connectivity index (χ1n) is 7.47. The van der Waals surface area contributed by atoms with Gasteiger partial charge in [0.2, 0.25) is 5.91 Å². The zero-order chi connectivity index (χ0) is 16.9. The van der Waals surface area contributed by atoms with Crippen molar-refractivity contribution in [3.8, 4) is 0 Å². The molecule has 24 heavy (non-hydrogen) atoms. The highest BCUT2D eigenvalue weighted by atomic mass is 79.9. The van der Waals surface area contributed by atoms with E-state index in [0.29, 0.717) is 11.4 Å². The fourth-order valence-corrected chi connectivity index (χ4v) is 2.55. The zero-order valence-corrected chi connectivity index (χ0v) is 14.4. The average Bonchev–Trinajstić information content (AvgIpc) is 3.01. The van der Waals surface area contributed by atoms with Crippen molar-refractivity contribution in [3.63, 3.8) is 0 Å². The minimum Gasteiger partial charge on any atom is -0.349 e. The number of aromatic nitrogens is 3. The Bertz CT molecular complexity index is 874. The van der Waals surface area contributed by atoms with Gasteiger partial charge in [-0.1, -0.05) is 34.1 Å². The lowest BCUT2D eigenvalue weighted by atomic mass is 10.1.